The van der Waals surface area contributed by atoms with Crippen molar-refractivity contribution in [3.63, 3.8) is 0 Å². The van der Waals surface area contributed by atoms with Crippen LogP contribution in [0.25, 0.3) is 0 Å². The standard InChI is InChI=1S/C21H24ClFO2Si/c1-2-3-16-12-14-26(23,15-13-16)20-10-4-17(5-11-20)21(24)25-19-8-6-18(22)7-9-19/h4-11,16H,2-3,12-15H2,1H3. The maximum absolute atomic E-state index is 15.4. The predicted octanol–water partition coefficient (Wildman–Crippen LogP) is 5.89. The molecule has 1 aliphatic heterocycles. The zero-order valence-electron chi connectivity index (χ0n) is 15.0. The Morgan fingerprint density at radius 3 is 2.31 bits per heavy atom. The van der Waals surface area contributed by atoms with Crippen molar-refractivity contribution in [2.75, 3.05) is 0 Å². The number of benzene rings is 2. The molecule has 26 heavy (non-hydrogen) atoms. The van der Waals surface area contributed by atoms with E-state index in [0.717, 1.165) is 18.0 Å². The highest BCUT2D eigenvalue weighted by molar-refractivity contribution is 6.86. The summed E-state index contributed by atoms with van der Waals surface area (Å²) in [4.78, 5) is 12.2. The van der Waals surface area contributed by atoms with Crippen LogP contribution in [0.5, 0.6) is 5.75 Å². The lowest BCUT2D eigenvalue weighted by Crippen LogP contribution is -2.46. The highest BCUT2D eigenvalue weighted by Crippen LogP contribution is 2.35. The topological polar surface area (TPSA) is 26.3 Å². The summed E-state index contributed by atoms with van der Waals surface area (Å²) in [6.45, 7) is 2.19. The van der Waals surface area contributed by atoms with Gasteiger partial charge in [0.2, 0.25) is 0 Å². The van der Waals surface area contributed by atoms with Gasteiger partial charge < -0.3 is 8.84 Å². The Morgan fingerprint density at radius 1 is 1.12 bits per heavy atom. The van der Waals surface area contributed by atoms with Crippen LogP contribution in [0.1, 0.15) is 43.0 Å². The van der Waals surface area contributed by atoms with E-state index in [1.165, 1.54) is 12.8 Å². The van der Waals surface area contributed by atoms with Crippen molar-refractivity contribution in [3.05, 3.63) is 59.1 Å². The summed E-state index contributed by atoms with van der Waals surface area (Å²) in [5, 5.41) is 1.39. The number of carbonyl (C=O) groups excluding carboxylic acids is 1. The van der Waals surface area contributed by atoms with Crippen LogP contribution in [0.15, 0.2) is 48.5 Å². The largest absolute Gasteiger partial charge is 0.423 e. The fourth-order valence-electron chi connectivity index (χ4n) is 3.69. The van der Waals surface area contributed by atoms with E-state index in [2.05, 4.69) is 6.92 Å². The first-order valence-electron chi connectivity index (χ1n) is 9.27. The molecule has 2 aromatic carbocycles. The Balaban J connectivity index is 1.64. The molecule has 0 saturated carbocycles. The lowest BCUT2D eigenvalue weighted by molar-refractivity contribution is 0.0735. The second kappa shape index (κ2) is 8.36. The minimum absolute atomic E-state index is 0.431. The molecule has 1 heterocycles. The van der Waals surface area contributed by atoms with Crippen molar-refractivity contribution < 1.29 is 13.6 Å². The summed E-state index contributed by atoms with van der Waals surface area (Å²) in [7, 11) is -2.89. The van der Waals surface area contributed by atoms with Crippen LogP contribution in [0.3, 0.4) is 0 Å². The second-order valence-electron chi connectivity index (χ2n) is 7.12. The molecule has 2 aromatic rings. The van der Waals surface area contributed by atoms with Gasteiger partial charge in [-0.3, -0.25) is 0 Å². The lowest BCUT2D eigenvalue weighted by Gasteiger charge is -2.32. The number of ether oxygens (including phenoxy) is 1. The van der Waals surface area contributed by atoms with E-state index < -0.39 is 14.4 Å². The maximum atomic E-state index is 15.4. The predicted molar refractivity (Wildman–Crippen MR) is 107 cm³/mol. The number of carbonyl (C=O) groups is 1. The van der Waals surface area contributed by atoms with Gasteiger partial charge in [-0.05, 0) is 59.6 Å². The highest BCUT2D eigenvalue weighted by atomic mass is 35.5. The van der Waals surface area contributed by atoms with Gasteiger partial charge in [0.15, 0.2) is 0 Å². The zero-order valence-corrected chi connectivity index (χ0v) is 16.8. The maximum Gasteiger partial charge on any atom is 0.343 e. The van der Waals surface area contributed by atoms with Gasteiger partial charge in [0.1, 0.15) is 5.75 Å². The summed E-state index contributed by atoms with van der Waals surface area (Å²) >= 11 is 5.82. The molecule has 2 nitrogen and oxygen atoms in total. The van der Waals surface area contributed by atoms with Crippen molar-refractivity contribution in [2.45, 2.75) is 44.7 Å². The van der Waals surface area contributed by atoms with Crippen molar-refractivity contribution in [1.29, 1.82) is 0 Å². The molecule has 1 saturated heterocycles. The van der Waals surface area contributed by atoms with Crippen LogP contribution in [-0.2, 0) is 0 Å². The van der Waals surface area contributed by atoms with Crippen LogP contribution >= 0.6 is 11.6 Å². The fraction of sp³-hybridized carbons (Fsp3) is 0.381. The van der Waals surface area contributed by atoms with E-state index in [1.54, 1.807) is 48.5 Å². The van der Waals surface area contributed by atoms with Crippen LogP contribution in [0.2, 0.25) is 17.1 Å². The smallest absolute Gasteiger partial charge is 0.343 e. The van der Waals surface area contributed by atoms with E-state index >= 15 is 4.11 Å². The molecule has 0 unspecified atom stereocenters. The third-order valence-electron chi connectivity index (χ3n) is 5.26. The van der Waals surface area contributed by atoms with E-state index in [4.69, 9.17) is 16.3 Å². The van der Waals surface area contributed by atoms with Gasteiger partial charge in [0, 0.05) is 5.02 Å². The molecule has 0 spiro atoms. The molecule has 5 heteroatoms. The fourth-order valence-corrected chi connectivity index (χ4v) is 7.14. The number of rotatable bonds is 5. The normalized spacial score (nSPS) is 22.8. The Morgan fingerprint density at radius 2 is 1.73 bits per heavy atom. The van der Waals surface area contributed by atoms with E-state index in [0.29, 0.717) is 34.3 Å². The Kier molecular flexibility index (Phi) is 6.15. The summed E-state index contributed by atoms with van der Waals surface area (Å²) < 4.78 is 20.8. The van der Waals surface area contributed by atoms with Gasteiger partial charge in [-0.2, -0.15) is 0 Å². The number of esters is 1. The van der Waals surface area contributed by atoms with Crippen LogP contribution in [0, 0.1) is 5.92 Å². The van der Waals surface area contributed by atoms with Crippen LogP contribution in [0.4, 0.5) is 4.11 Å². The highest BCUT2D eigenvalue weighted by Gasteiger charge is 2.40. The first-order chi connectivity index (χ1) is 12.5. The first kappa shape index (κ1) is 19.1. The molecule has 0 aromatic heterocycles. The summed E-state index contributed by atoms with van der Waals surface area (Å²) in [6, 6.07) is 15.0. The molecular formula is C21H24ClFO2Si. The van der Waals surface area contributed by atoms with E-state index in [9.17, 15) is 4.79 Å². The summed E-state index contributed by atoms with van der Waals surface area (Å²) in [6.07, 6.45) is 4.38. The monoisotopic (exact) mass is 390 g/mol. The molecule has 1 fully saturated rings. The third kappa shape index (κ3) is 4.54. The number of hydrogen-bond donors (Lipinski definition) is 0. The lowest BCUT2D eigenvalue weighted by atomic mass is 9.97. The molecule has 0 N–H and O–H groups in total. The molecule has 3 rings (SSSR count). The summed E-state index contributed by atoms with van der Waals surface area (Å²) in [5.74, 6) is 0.680. The van der Waals surface area contributed by atoms with Gasteiger partial charge in [-0.1, -0.05) is 56.3 Å². The Hall–Kier alpha value is -1.65. The van der Waals surface area contributed by atoms with Crippen LogP contribution in [-0.4, -0.2) is 14.4 Å². The molecule has 0 radical (unpaired) electrons. The Labute approximate surface area is 160 Å². The molecule has 0 bridgehead atoms. The first-order valence-corrected chi connectivity index (χ1v) is 11.9. The molecular weight excluding hydrogens is 367 g/mol. The average molecular weight is 391 g/mol. The molecule has 138 valence electrons. The molecule has 1 aliphatic rings. The van der Waals surface area contributed by atoms with E-state index in [-0.39, 0.29) is 0 Å². The van der Waals surface area contributed by atoms with Crippen molar-refractivity contribution in [1.82, 2.24) is 0 Å². The molecule has 0 atom stereocenters. The van der Waals surface area contributed by atoms with Crippen molar-refractivity contribution in [2.24, 2.45) is 5.92 Å². The third-order valence-corrected chi connectivity index (χ3v) is 9.04. The van der Waals surface area contributed by atoms with Crippen molar-refractivity contribution in [3.8, 4) is 5.75 Å². The molecule has 0 aliphatic carbocycles. The minimum Gasteiger partial charge on any atom is -0.423 e. The van der Waals surface area contributed by atoms with Gasteiger partial charge in [0.05, 0.1) is 5.56 Å². The Bertz CT molecular complexity index is 738. The summed E-state index contributed by atoms with van der Waals surface area (Å²) in [5.41, 5.74) is 0.431. The van der Waals surface area contributed by atoms with E-state index in [1.807, 2.05) is 0 Å². The van der Waals surface area contributed by atoms with Gasteiger partial charge in [-0.25, -0.2) is 4.79 Å². The van der Waals surface area contributed by atoms with Gasteiger partial charge >= 0.3 is 5.97 Å². The molecule has 0 amide bonds. The second-order valence-corrected chi connectivity index (χ2v) is 11.1. The van der Waals surface area contributed by atoms with Crippen molar-refractivity contribution >= 4 is 31.2 Å². The number of halogens is 2. The zero-order chi connectivity index (χ0) is 18.6. The van der Waals surface area contributed by atoms with Crippen LogP contribution < -0.4 is 9.92 Å². The van der Waals surface area contributed by atoms with Gasteiger partial charge in [-0.15, -0.1) is 0 Å². The average Bonchev–Trinajstić information content (AvgIpc) is 2.66. The SMILES string of the molecule is CCCC1CC[Si](F)(c2ccc(C(=O)Oc3ccc(Cl)cc3)cc2)CC1. The number of hydrogen-bond acceptors (Lipinski definition) is 2. The van der Waals surface area contributed by atoms with Gasteiger partial charge in [0.25, 0.3) is 8.41 Å². The quantitative estimate of drug-likeness (QED) is 0.275. The minimum atomic E-state index is -2.89.